The fraction of sp³-hybridized carbons (Fsp3) is 0.328. The molecule has 9 rings (SSSR count). The van der Waals surface area contributed by atoms with Crippen molar-refractivity contribution in [1.29, 1.82) is 0 Å². The summed E-state index contributed by atoms with van der Waals surface area (Å²) in [7, 11) is 0. The van der Waals surface area contributed by atoms with E-state index in [1.54, 1.807) is 0 Å². The van der Waals surface area contributed by atoms with Gasteiger partial charge in [-0.25, -0.2) is 4.85 Å². The normalized spacial score (nSPS) is 13.8. The Morgan fingerprint density at radius 1 is 0.368 bits per heavy atom. The Balaban J connectivity index is 1.37. The molecule has 68 heavy (non-hydrogen) atoms. The highest BCUT2D eigenvalue weighted by atomic mass is 15.2. The predicted molar refractivity (Wildman–Crippen MR) is 296 cm³/mol. The lowest BCUT2D eigenvalue weighted by Crippen LogP contribution is -2.61. The smallest absolute Gasteiger partial charge is 0.252 e. The summed E-state index contributed by atoms with van der Waals surface area (Å²) >= 11 is 0. The second-order valence-corrected chi connectivity index (χ2v) is 24.9. The van der Waals surface area contributed by atoms with Crippen LogP contribution in [0.1, 0.15) is 137 Å². The minimum absolute atomic E-state index is 0.0505. The summed E-state index contributed by atoms with van der Waals surface area (Å²) in [6.07, 6.45) is 0. The van der Waals surface area contributed by atoms with Crippen molar-refractivity contribution in [2.24, 2.45) is 0 Å². The molecule has 0 bridgehead atoms. The summed E-state index contributed by atoms with van der Waals surface area (Å²) in [6.45, 7) is 45.1. The Bertz CT molecular complexity index is 3070. The number of benzene rings is 7. The standard InChI is InChI=1S/C64H70BN3/c1-40-32-57-59-58(33-40)68(56-31-28-49(64(14,15)16)39-53(56)66-17)55-30-27-48(63(11,12)13)38-52(55)65(59)51-37-47(62(8,9)10)26-29-54(51)67(57)50-35-43(41-18-22-45(23-19-41)60(2,3)4)34-44(36-50)42-20-24-46(25-21-42)61(5,6)7/h18-39H,1-16H3. The van der Waals surface area contributed by atoms with Crippen LogP contribution in [0.15, 0.2) is 133 Å². The second-order valence-electron chi connectivity index (χ2n) is 24.9. The maximum Gasteiger partial charge on any atom is 0.252 e. The molecule has 0 atom stereocenters. The molecule has 0 aromatic heterocycles. The van der Waals surface area contributed by atoms with E-state index in [9.17, 15) is 0 Å². The summed E-state index contributed by atoms with van der Waals surface area (Å²) in [4.78, 5) is 9.24. The van der Waals surface area contributed by atoms with Gasteiger partial charge in [0.15, 0.2) is 0 Å². The molecule has 0 spiro atoms. The van der Waals surface area contributed by atoms with Gasteiger partial charge in [-0.3, -0.25) is 0 Å². The van der Waals surface area contributed by atoms with Crippen molar-refractivity contribution in [3.8, 4) is 22.3 Å². The van der Waals surface area contributed by atoms with Crippen molar-refractivity contribution in [3.63, 3.8) is 0 Å². The molecule has 0 unspecified atom stereocenters. The van der Waals surface area contributed by atoms with E-state index in [1.165, 1.54) is 77.8 Å². The fourth-order valence-corrected chi connectivity index (χ4v) is 10.3. The van der Waals surface area contributed by atoms with Gasteiger partial charge in [0.1, 0.15) is 0 Å². The summed E-state index contributed by atoms with van der Waals surface area (Å²) < 4.78 is 0. The van der Waals surface area contributed by atoms with Gasteiger partial charge in [-0.2, -0.15) is 0 Å². The van der Waals surface area contributed by atoms with Gasteiger partial charge in [0.25, 0.3) is 6.71 Å². The van der Waals surface area contributed by atoms with E-state index in [0.717, 1.165) is 28.3 Å². The van der Waals surface area contributed by atoms with Crippen LogP contribution in [0.4, 0.5) is 39.8 Å². The molecule has 2 aliphatic heterocycles. The molecule has 2 heterocycles. The van der Waals surface area contributed by atoms with Gasteiger partial charge < -0.3 is 9.80 Å². The molecule has 0 saturated carbocycles. The van der Waals surface area contributed by atoms with Crippen molar-refractivity contribution < 1.29 is 0 Å². The number of anilines is 6. The van der Waals surface area contributed by atoms with E-state index in [-0.39, 0.29) is 33.8 Å². The third-order valence-electron chi connectivity index (χ3n) is 14.5. The molecular weight excluding hydrogens is 822 g/mol. The first-order valence-corrected chi connectivity index (χ1v) is 24.6. The van der Waals surface area contributed by atoms with Crippen LogP contribution in [0, 0.1) is 13.5 Å². The molecule has 0 fully saturated rings. The van der Waals surface area contributed by atoms with E-state index in [4.69, 9.17) is 6.57 Å². The van der Waals surface area contributed by atoms with Crippen LogP contribution in [0.2, 0.25) is 0 Å². The van der Waals surface area contributed by atoms with E-state index >= 15 is 0 Å². The highest BCUT2D eigenvalue weighted by Crippen LogP contribution is 2.49. The maximum absolute atomic E-state index is 8.64. The average Bonchev–Trinajstić information content (AvgIpc) is 3.26. The Kier molecular flexibility index (Phi) is 11.1. The number of nitrogens with zero attached hydrogens (tertiary/aromatic N) is 3. The number of fused-ring (bicyclic) bond motifs is 4. The predicted octanol–water partition coefficient (Wildman–Crippen LogP) is 16.4. The van der Waals surface area contributed by atoms with Crippen molar-refractivity contribution in [1.82, 2.24) is 0 Å². The molecular formula is C64H70BN3. The highest BCUT2D eigenvalue weighted by molar-refractivity contribution is 7.00. The molecule has 7 aromatic rings. The summed E-state index contributed by atoms with van der Waals surface area (Å²) in [5, 5.41) is 0. The lowest BCUT2D eigenvalue weighted by Gasteiger charge is -2.45. The number of aryl methyl sites for hydroxylation is 1. The Labute approximate surface area is 409 Å². The van der Waals surface area contributed by atoms with Crippen LogP contribution in [-0.2, 0) is 27.1 Å². The quantitative estimate of drug-likeness (QED) is 0.129. The third-order valence-corrected chi connectivity index (χ3v) is 14.5. The summed E-state index contributed by atoms with van der Waals surface area (Å²) in [5.74, 6) is 0. The topological polar surface area (TPSA) is 10.8 Å². The zero-order chi connectivity index (χ0) is 49.0. The summed E-state index contributed by atoms with van der Waals surface area (Å²) in [6, 6.07) is 51.3. The van der Waals surface area contributed by atoms with Gasteiger partial charge in [0, 0.05) is 28.4 Å². The monoisotopic (exact) mass is 892 g/mol. The highest BCUT2D eigenvalue weighted by Gasteiger charge is 2.45. The number of rotatable bonds is 4. The van der Waals surface area contributed by atoms with Crippen LogP contribution in [0.5, 0.6) is 0 Å². The molecule has 0 N–H and O–H groups in total. The first-order chi connectivity index (χ1) is 31.7. The minimum Gasteiger partial charge on any atom is -0.321 e. The van der Waals surface area contributed by atoms with Gasteiger partial charge >= 0.3 is 0 Å². The SMILES string of the molecule is [C-]#[N+]c1cc(C(C)(C)C)ccc1N1c2ccc(C(C)(C)C)cc2B2c3cc(C(C)(C)C)ccc3N(c3cc(-c4ccc(C(C)(C)C)cc4)cc(-c4ccc(C(C)(C)C)cc4)c3)c3cc(C)cc1c32. The molecule has 344 valence electrons. The molecule has 3 nitrogen and oxygen atoms in total. The molecule has 4 heteroatoms. The minimum atomic E-state index is -0.0986. The van der Waals surface area contributed by atoms with Gasteiger partial charge in [-0.15, -0.1) is 0 Å². The van der Waals surface area contributed by atoms with E-state index in [0.29, 0.717) is 5.69 Å². The van der Waals surface area contributed by atoms with Crippen molar-refractivity contribution in [2.45, 2.75) is 138 Å². The summed E-state index contributed by atoms with van der Waals surface area (Å²) in [5.41, 5.74) is 23.3. The van der Waals surface area contributed by atoms with Gasteiger partial charge in [-0.1, -0.05) is 194 Å². The third kappa shape index (κ3) is 8.38. The molecule has 0 radical (unpaired) electrons. The van der Waals surface area contributed by atoms with Gasteiger partial charge in [0.2, 0.25) is 5.69 Å². The largest absolute Gasteiger partial charge is 0.321 e. The molecule has 0 saturated heterocycles. The Morgan fingerprint density at radius 2 is 0.735 bits per heavy atom. The fourth-order valence-electron chi connectivity index (χ4n) is 10.3. The van der Waals surface area contributed by atoms with Crippen LogP contribution >= 0.6 is 0 Å². The van der Waals surface area contributed by atoms with E-state index < -0.39 is 0 Å². The van der Waals surface area contributed by atoms with Crippen LogP contribution in [-0.4, -0.2) is 6.71 Å². The molecule has 0 aliphatic carbocycles. The maximum atomic E-state index is 8.64. The average molecular weight is 892 g/mol. The zero-order valence-electron chi connectivity index (χ0n) is 43.6. The van der Waals surface area contributed by atoms with E-state index in [2.05, 4.69) is 259 Å². The van der Waals surface area contributed by atoms with Crippen LogP contribution in [0.3, 0.4) is 0 Å². The van der Waals surface area contributed by atoms with Crippen LogP contribution in [0.25, 0.3) is 27.1 Å². The van der Waals surface area contributed by atoms with Gasteiger partial charge in [-0.05, 0) is 149 Å². The first kappa shape index (κ1) is 46.8. The van der Waals surface area contributed by atoms with Gasteiger partial charge in [0.05, 0.1) is 12.3 Å². The first-order valence-electron chi connectivity index (χ1n) is 24.6. The van der Waals surface area contributed by atoms with Crippen molar-refractivity contribution in [2.75, 3.05) is 9.80 Å². The lowest BCUT2D eigenvalue weighted by atomic mass is 9.33. The lowest BCUT2D eigenvalue weighted by molar-refractivity contribution is 0.590. The zero-order valence-corrected chi connectivity index (χ0v) is 43.6. The second kappa shape index (κ2) is 16.2. The van der Waals surface area contributed by atoms with E-state index in [1.807, 2.05) is 0 Å². The van der Waals surface area contributed by atoms with Crippen LogP contribution < -0.4 is 26.2 Å². The Hall–Kier alpha value is -6.31. The van der Waals surface area contributed by atoms with Crippen molar-refractivity contribution >= 4 is 62.9 Å². The Morgan fingerprint density at radius 3 is 1.15 bits per heavy atom. The molecule has 0 amide bonds. The molecule has 2 aliphatic rings. The number of hydrogen-bond donors (Lipinski definition) is 0. The van der Waals surface area contributed by atoms with Crippen molar-refractivity contribution in [3.05, 3.63) is 178 Å². The number of hydrogen-bond acceptors (Lipinski definition) is 2. The molecule has 7 aromatic carbocycles.